The number of rotatable bonds is 2. The third-order valence-corrected chi connectivity index (χ3v) is 1.99. The standard InChI is InChI=1S/C2H10O2Si2/c1-2(3-5)4-6/h2H,1,5-6H3. The Morgan fingerprint density at radius 2 is 1.67 bits per heavy atom. The molecule has 4 heteroatoms. The van der Waals surface area contributed by atoms with E-state index in [4.69, 9.17) is 8.85 Å². The quantitative estimate of drug-likeness (QED) is 0.309. The highest BCUT2D eigenvalue weighted by molar-refractivity contribution is 5.99. The molecular formula is C2H10O2Si2. The lowest BCUT2D eigenvalue weighted by Gasteiger charge is -2.05. The van der Waals surface area contributed by atoms with Gasteiger partial charge in [-0.25, -0.2) is 0 Å². The first kappa shape index (κ1) is 6.35. The van der Waals surface area contributed by atoms with Crippen LogP contribution in [0.15, 0.2) is 0 Å². The third kappa shape index (κ3) is 2.58. The van der Waals surface area contributed by atoms with Gasteiger partial charge in [0.2, 0.25) is 0 Å². The van der Waals surface area contributed by atoms with E-state index in [1.54, 1.807) is 0 Å². The Balaban J connectivity index is 2.75. The van der Waals surface area contributed by atoms with E-state index in [1.165, 1.54) is 0 Å². The predicted octanol–water partition coefficient (Wildman–Crippen LogP) is -2.07. The van der Waals surface area contributed by atoms with Crippen molar-refractivity contribution in [2.24, 2.45) is 0 Å². The van der Waals surface area contributed by atoms with Gasteiger partial charge in [-0.2, -0.15) is 0 Å². The summed E-state index contributed by atoms with van der Waals surface area (Å²) in [7, 11) is 1.56. The van der Waals surface area contributed by atoms with E-state index in [0.29, 0.717) is 0 Å². The highest BCUT2D eigenvalue weighted by atomic mass is 28.2. The van der Waals surface area contributed by atoms with Crippen LogP contribution in [0.25, 0.3) is 0 Å². The fourth-order valence-corrected chi connectivity index (χ4v) is 0.866. The van der Waals surface area contributed by atoms with Crippen LogP contribution in [0.4, 0.5) is 0 Å². The van der Waals surface area contributed by atoms with Gasteiger partial charge in [0, 0.05) is 0 Å². The Hall–Kier alpha value is 0.354. The minimum Gasteiger partial charge on any atom is -0.405 e. The van der Waals surface area contributed by atoms with E-state index >= 15 is 0 Å². The molecule has 0 aliphatic rings. The molecule has 0 fully saturated rings. The second kappa shape index (κ2) is 3.54. The van der Waals surface area contributed by atoms with Crippen LogP contribution < -0.4 is 0 Å². The Morgan fingerprint density at radius 3 is 1.67 bits per heavy atom. The van der Waals surface area contributed by atoms with E-state index < -0.39 is 0 Å². The molecule has 0 bridgehead atoms. The van der Waals surface area contributed by atoms with Gasteiger partial charge in [-0.1, -0.05) is 0 Å². The van der Waals surface area contributed by atoms with Crippen molar-refractivity contribution in [2.45, 2.75) is 13.2 Å². The molecule has 0 aliphatic heterocycles. The van der Waals surface area contributed by atoms with E-state index in [9.17, 15) is 0 Å². The predicted molar refractivity (Wildman–Crippen MR) is 31.5 cm³/mol. The summed E-state index contributed by atoms with van der Waals surface area (Å²) in [5, 5.41) is 0. The molecule has 0 N–H and O–H groups in total. The first-order valence-corrected chi connectivity index (χ1v) is 3.50. The van der Waals surface area contributed by atoms with Crippen LogP contribution in [0.3, 0.4) is 0 Å². The second-order valence-corrected chi connectivity index (χ2v) is 1.98. The molecule has 0 aromatic heterocycles. The van der Waals surface area contributed by atoms with Crippen molar-refractivity contribution >= 4 is 21.0 Å². The van der Waals surface area contributed by atoms with Gasteiger partial charge in [0.15, 0.2) is 0 Å². The molecule has 0 saturated heterocycles. The molecule has 0 unspecified atom stereocenters. The van der Waals surface area contributed by atoms with Crippen molar-refractivity contribution in [3.8, 4) is 0 Å². The van der Waals surface area contributed by atoms with Gasteiger partial charge in [0.1, 0.15) is 27.3 Å². The molecule has 0 heterocycles. The smallest absolute Gasteiger partial charge is 0.149 e. The van der Waals surface area contributed by atoms with Gasteiger partial charge in [0.25, 0.3) is 0 Å². The maximum Gasteiger partial charge on any atom is 0.149 e. The molecule has 38 valence electrons. The molecule has 0 amide bonds. The van der Waals surface area contributed by atoms with Crippen molar-refractivity contribution in [2.75, 3.05) is 0 Å². The molecule has 0 aromatic carbocycles. The summed E-state index contributed by atoms with van der Waals surface area (Å²) in [6, 6.07) is 0. The molecule has 2 nitrogen and oxygen atoms in total. The van der Waals surface area contributed by atoms with E-state index in [-0.39, 0.29) is 6.29 Å². The first-order chi connectivity index (χ1) is 2.81. The van der Waals surface area contributed by atoms with Crippen LogP contribution in [-0.2, 0) is 8.85 Å². The summed E-state index contributed by atoms with van der Waals surface area (Å²) >= 11 is 0. The van der Waals surface area contributed by atoms with Gasteiger partial charge in [-0.05, 0) is 6.92 Å². The Kier molecular flexibility index (Phi) is 3.75. The highest BCUT2D eigenvalue weighted by Gasteiger charge is 1.86. The van der Waals surface area contributed by atoms with Crippen LogP contribution in [0.1, 0.15) is 6.92 Å². The normalized spacial score (nSPS) is 15.5. The zero-order valence-electron chi connectivity index (χ0n) is 4.39. The monoisotopic (exact) mass is 122 g/mol. The largest absolute Gasteiger partial charge is 0.405 e. The topological polar surface area (TPSA) is 18.5 Å². The zero-order chi connectivity index (χ0) is 4.99. The summed E-state index contributed by atoms with van der Waals surface area (Å²) in [5.74, 6) is 0. The zero-order valence-corrected chi connectivity index (χ0v) is 8.39. The van der Waals surface area contributed by atoms with Crippen molar-refractivity contribution in [1.82, 2.24) is 0 Å². The minimum atomic E-state index is 0.0586. The summed E-state index contributed by atoms with van der Waals surface area (Å²) in [4.78, 5) is 0. The fraction of sp³-hybridized carbons (Fsp3) is 1.00. The van der Waals surface area contributed by atoms with Crippen molar-refractivity contribution in [3.05, 3.63) is 0 Å². The average Bonchev–Trinajstić information content (AvgIpc) is 1.65. The molecular weight excluding hydrogens is 112 g/mol. The lowest BCUT2D eigenvalue weighted by Crippen LogP contribution is -2.07. The molecule has 0 aliphatic carbocycles. The lowest BCUT2D eigenvalue weighted by molar-refractivity contribution is 0.0375. The summed E-state index contributed by atoms with van der Waals surface area (Å²) in [5.41, 5.74) is 0. The summed E-state index contributed by atoms with van der Waals surface area (Å²) < 4.78 is 9.70. The van der Waals surface area contributed by atoms with Crippen LogP contribution in [0.2, 0.25) is 0 Å². The lowest BCUT2D eigenvalue weighted by atomic mass is 10.8. The van der Waals surface area contributed by atoms with Gasteiger partial charge in [-0.3, -0.25) is 0 Å². The van der Waals surface area contributed by atoms with Crippen molar-refractivity contribution < 1.29 is 8.85 Å². The van der Waals surface area contributed by atoms with Crippen molar-refractivity contribution in [1.29, 1.82) is 0 Å². The second-order valence-electron chi connectivity index (χ2n) is 1.04. The Labute approximate surface area is 43.9 Å². The summed E-state index contributed by atoms with van der Waals surface area (Å²) in [6.07, 6.45) is 0.0586. The van der Waals surface area contributed by atoms with E-state index in [0.717, 1.165) is 21.0 Å². The third-order valence-electron chi connectivity index (χ3n) is 0.664. The number of hydrogen-bond donors (Lipinski definition) is 0. The van der Waals surface area contributed by atoms with Crippen LogP contribution in [0, 0.1) is 0 Å². The molecule has 0 atom stereocenters. The Morgan fingerprint density at radius 1 is 1.33 bits per heavy atom. The molecule has 0 rings (SSSR count). The van der Waals surface area contributed by atoms with Gasteiger partial charge < -0.3 is 8.85 Å². The maximum absolute atomic E-state index is 4.85. The van der Waals surface area contributed by atoms with Crippen LogP contribution >= 0.6 is 0 Å². The molecule has 0 radical (unpaired) electrons. The summed E-state index contributed by atoms with van der Waals surface area (Å²) in [6.45, 7) is 1.90. The van der Waals surface area contributed by atoms with E-state index in [2.05, 4.69) is 0 Å². The first-order valence-electron chi connectivity index (χ1n) is 1.87. The fourth-order valence-electron chi connectivity index (χ4n) is 0.0962. The van der Waals surface area contributed by atoms with Crippen molar-refractivity contribution in [3.63, 3.8) is 0 Å². The minimum absolute atomic E-state index is 0.0586. The van der Waals surface area contributed by atoms with E-state index in [1.807, 2.05) is 6.92 Å². The number of hydrogen-bond acceptors (Lipinski definition) is 2. The Bertz CT molecular complexity index is 28.7. The molecule has 6 heavy (non-hydrogen) atoms. The van der Waals surface area contributed by atoms with Gasteiger partial charge >= 0.3 is 0 Å². The molecule has 0 saturated carbocycles. The highest BCUT2D eigenvalue weighted by Crippen LogP contribution is 1.81. The van der Waals surface area contributed by atoms with Gasteiger partial charge in [-0.15, -0.1) is 0 Å². The SMILES string of the molecule is CC(O[SiH3])O[SiH3]. The van der Waals surface area contributed by atoms with Crippen LogP contribution in [-0.4, -0.2) is 27.3 Å². The van der Waals surface area contributed by atoms with Gasteiger partial charge in [0.05, 0.1) is 0 Å². The average molecular weight is 122 g/mol. The maximum atomic E-state index is 4.85. The van der Waals surface area contributed by atoms with Crippen LogP contribution in [0.5, 0.6) is 0 Å². The molecule has 0 aromatic rings. The molecule has 0 spiro atoms.